The van der Waals surface area contributed by atoms with E-state index < -0.39 is 4.92 Å². The zero-order valence-electron chi connectivity index (χ0n) is 16.4. The van der Waals surface area contributed by atoms with Crippen molar-refractivity contribution in [1.82, 2.24) is 0 Å². The minimum Gasteiger partial charge on any atom is -0.494 e. The van der Waals surface area contributed by atoms with Gasteiger partial charge in [-0.25, -0.2) is 0 Å². The van der Waals surface area contributed by atoms with E-state index in [0.29, 0.717) is 11.4 Å². The average Bonchev–Trinajstić information content (AvgIpc) is 2.73. The Hall–Kier alpha value is -3.94. The number of aryl methyl sites for hydroxylation is 2. The highest BCUT2D eigenvalue weighted by Gasteiger charge is 2.09. The van der Waals surface area contributed by atoms with Crippen LogP contribution in [0.25, 0.3) is 0 Å². The van der Waals surface area contributed by atoms with Gasteiger partial charge in [0.2, 0.25) is 0 Å². The van der Waals surface area contributed by atoms with E-state index in [1.807, 2.05) is 50.2 Å². The van der Waals surface area contributed by atoms with Crippen molar-refractivity contribution >= 4 is 28.4 Å². The van der Waals surface area contributed by atoms with Crippen molar-refractivity contribution in [3.63, 3.8) is 0 Å². The maximum Gasteiger partial charge on any atom is 0.269 e. The molecule has 150 valence electrons. The molecule has 0 aliphatic carbocycles. The molecule has 4 N–H and O–H groups in total. The van der Waals surface area contributed by atoms with Gasteiger partial charge in [-0.1, -0.05) is 17.7 Å². The lowest BCUT2D eigenvalue weighted by atomic mass is 10.1. The first-order chi connectivity index (χ1) is 14.0. The second kappa shape index (κ2) is 8.83. The Morgan fingerprint density at radius 3 is 1.90 bits per heavy atom. The second-order valence-corrected chi connectivity index (χ2v) is 6.54. The Morgan fingerprint density at radius 1 is 0.793 bits per heavy atom. The molecule has 0 saturated carbocycles. The summed E-state index contributed by atoms with van der Waals surface area (Å²) in [5.74, 6) is 0.656. The average molecular weight is 393 g/mol. The van der Waals surface area contributed by atoms with Gasteiger partial charge in [0.15, 0.2) is 0 Å². The lowest BCUT2D eigenvalue weighted by Gasteiger charge is -2.18. The van der Waals surface area contributed by atoms with E-state index >= 15 is 0 Å². The molecule has 0 spiro atoms. The molecule has 0 amide bonds. The van der Waals surface area contributed by atoms with Crippen LogP contribution in [0.1, 0.15) is 11.1 Å². The van der Waals surface area contributed by atoms with E-state index in [9.17, 15) is 10.1 Å². The Kier molecular flexibility index (Phi) is 6.03. The number of ether oxygens (including phenoxy) is 1. The first-order valence-corrected chi connectivity index (χ1v) is 9.00. The lowest BCUT2D eigenvalue weighted by Crippen LogP contribution is -2.12. The van der Waals surface area contributed by atoms with Gasteiger partial charge in [-0.05, 0) is 49.7 Å². The fraction of sp³-hybridized carbons (Fsp3) is 0.143. The Labute approximate surface area is 169 Å². The summed E-state index contributed by atoms with van der Waals surface area (Å²) >= 11 is 0. The molecule has 0 fully saturated rings. The fourth-order valence-corrected chi connectivity index (χ4v) is 2.67. The first-order valence-electron chi connectivity index (χ1n) is 9.00. The van der Waals surface area contributed by atoms with Gasteiger partial charge >= 0.3 is 0 Å². The second-order valence-electron chi connectivity index (χ2n) is 6.54. The molecule has 0 bridgehead atoms. The quantitative estimate of drug-likeness (QED) is 0.312. The van der Waals surface area contributed by atoms with Crippen molar-refractivity contribution in [2.75, 3.05) is 28.8 Å². The highest BCUT2D eigenvalue weighted by atomic mass is 16.6. The van der Waals surface area contributed by atoms with Gasteiger partial charge in [-0.15, -0.1) is 0 Å². The minimum atomic E-state index is -0.428. The molecule has 0 aliphatic heterocycles. The largest absolute Gasteiger partial charge is 0.494 e. The number of nitro benzene ring substituents is 1. The molecule has 3 aromatic carbocycles. The number of hydrazine groups is 2. The summed E-state index contributed by atoms with van der Waals surface area (Å²) < 4.78 is 5.50. The summed E-state index contributed by atoms with van der Waals surface area (Å²) in [6.45, 7) is 4.01. The van der Waals surface area contributed by atoms with E-state index in [4.69, 9.17) is 4.74 Å². The molecular formula is C21H23N5O3. The van der Waals surface area contributed by atoms with Crippen LogP contribution in [0.2, 0.25) is 0 Å². The summed E-state index contributed by atoms with van der Waals surface area (Å²) in [6.07, 6.45) is 0. The Bertz CT molecular complexity index is 988. The van der Waals surface area contributed by atoms with Crippen molar-refractivity contribution < 1.29 is 9.66 Å². The summed E-state index contributed by atoms with van der Waals surface area (Å²) in [4.78, 5) is 10.3. The SMILES string of the molecule is COc1cc(NNc2ccc([N+](=O)[O-])cc2)c(C)cc1NNc1ccc(C)cc1. The van der Waals surface area contributed by atoms with E-state index in [2.05, 4.69) is 21.7 Å². The van der Waals surface area contributed by atoms with Crippen LogP contribution in [0.3, 0.4) is 0 Å². The number of nitrogens with zero attached hydrogens (tertiary/aromatic N) is 1. The molecule has 0 unspecified atom stereocenters. The third-order valence-electron chi connectivity index (χ3n) is 4.36. The van der Waals surface area contributed by atoms with Gasteiger partial charge in [0, 0.05) is 18.2 Å². The van der Waals surface area contributed by atoms with Crippen LogP contribution in [0.4, 0.5) is 28.4 Å². The molecule has 8 heteroatoms. The summed E-state index contributed by atoms with van der Waals surface area (Å²) in [5.41, 5.74) is 18.0. The van der Waals surface area contributed by atoms with Gasteiger partial charge in [-0.3, -0.25) is 15.5 Å². The number of anilines is 4. The first kappa shape index (κ1) is 19.8. The Morgan fingerprint density at radius 2 is 1.34 bits per heavy atom. The van der Waals surface area contributed by atoms with Crippen LogP contribution >= 0.6 is 0 Å². The number of non-ortho nitro benzene ring substituents is 1. The Balaban J connectivity index is 1.68. The summed E-state index contributed by atoms with van der Waals surface area (Å²) in [7, 11) is 1.61. The number of benzene rings is 3. The van der Waals surface area contributed by atoms with Crippen LogP contribution < -0.4 is 26.4 Å². The van der Waals surface area contributed by atoms with Crippen LogP contribution in [0.15, 0.2) is 60.7 Å². The van der Waals surface area contributed by atoms with Crippen molar-refractivity contribution in [2.24, 2.45) is 0 Å². The number of hydrogen-bond acceptors (Lipinski definition) is 7. The van der Waals surface area contributed by atoms with Crippen LogP contribution in [0.5, 0.6) is 5.75 Å². The van der Waals surface area contributed by atoms with E-state index in [0.717, 1.165) is 22.6 Å². The van der Waals surface area contributed by atoms with Gasteiger partial charge < -0.3 is 21.0 Å². The molecule has 29 heavy (non-hydrogen) atoms. The molecule has 8 nitrogen and oxygen atoms in total. The van der Waals surface area contributed by atoms with Crippen LogP contribution in [-0.2, 0) is 0 Å². The number of nitrogens with one attached hydrogen (secondary N) is 4. The van der Waals surface area contributed by atoms with Crippen LogP contribution in [0, 0.1) is 24.0 Å². The molecular weight excluding hydrogens is 370 g/mol. The van der Waals surface area contributed by atoms with Gasteiger partial charge in [0.1, 0.15) is 5.75 Å². The van der Waals surface area contributed by atoms with E-state index in [1.54, 1.807) is 19.2 Å². The predicted molar refractivity (Wildman–Crippen MR) is 116 cm³/mol. The smallest absolute Gasteiger partial charge is 0.269 e. The third kappa shape index (κ3) is 5.07. The molecule has 0 radical (unpaired) electrons. The highest BCUT2D eigenvalue weighted by Crippen LogP contribution is 2.31. The third-order valence-corrected chi connectivity index (χ3v) is 4.36. The number of hydrogen-bond donors (Lipinski definition) is 4. The van der Waals surface area contributed by atoms with Crippen molar-refractivity contribution in [1.29, 1.82) is 0 Å². The van der Waals surface area contributed by atoms with Gasteiger partial charge in [0.25, 0.3) is 5.69 Å². The topological polar surface area (TPSA) is 100 Å². The molecule has 0 saturated heterocycles. The minimum absolute atomic E-state index is 0.0462. The van der Waals surface area contributed by atoms with Crippen LogP contribution in [-0.4, -0.2) is 12.0 Å². The lowest BCUT2D eigenvalue weighted by molar-refractivity contribution is -0.384. The monoisotopic (exact) mass is 393 g/mol. The molecule has 0 aromatic heterocycles. The number of methoxy groups -OCH3 is 1. The van der Waals surface area contributed by atoms with Crippen molar-refractivity contribution in [3.8, 4) is 5.75 Å². The normalized spacial score (nSPS) is 10.2. The summed E-state index contributed by atoms with van der Waals surface area (Å²) in [5, 5.41) is 10.7. The number of nitro groups is 1. The van der Waals surface area contributed by atoms with Gasteiger partial charge in [-0.2, -0.15) is 0 Å². The zero-order valence-corrected chi connectivity index (χ0v) is 16.4. The molecule has 3 rings (SSSR count). The molecule has 3 aromatic rings. The van der Waals surface area contributed by atoms with E-state index in [-0.39, 0.29) is 5.69 Å². The van der Waals surface area contributed by atoms with E-state index in [1.165, 1.54) is 17.7 Å². The van der Waals surface area contributed by atoms with Crippen molar-refractivity contribution in [3.05, 3.63) is 81.9 Å². The predicted octanol–water partition coefficient (Wildman–Crippen LogP) is 5.10. The maximum atomic E-state index is 10.7. The maximum absolute atomic E-state index is 10.7. The molecule has 0 aliphatic rings. The highest BCUT2D eigenvalue weighted by molar-refractivity contribution is 5.70. The van der Waals surface area contributed by atoms with Crippen molar-refractivity contribution in [2.45, 2.75) is 13.8 Å². The molecule has 0 heterocycles. The number of rotatable bonds is 8. The summed E-state index contributed by atoms with van der Waals surface area (Å²) in [6, 6.07) is 18.0. The molecule has 0 atom stereocenters. The van der Waals surface area contributed by atoms with Gasteiger partial charge in [0.05, 0.1) is 34.8 Å². The fourth-order valence-electron chi connectivity index (χ4n) is 2.67. The zero-order chi connectivity index (χ0) is 20.8. The standard InChI is InChI=1S/C21H23N5O3/c1-14-4-6-16(7-5-14)23-25-20-12-15(2)19(13-21(20)29-3)24-22-17-8-10-18(11-9-17)26(27)28/h4-13,22-25H,1-3H3.